The fourth-order valence-corrected chi connectivity index (χ4v) is 1.31. The molecule has 4 nitrogen and oxygen atoms in total. The molecule has 0 radical (unpaired) electrons. The molecule has 4 heteroatoms. The van der Waals surface area contributed by atoms with Crippen molar-refractivity contribution in [3.8, 4) is 0 Å². The molecule has 1 aliphatic rings. The molecule has 0 aliphatic carbocycles. The van der Waals surface area contributed by atoms with E-state index in [0.29, 0.717) is 0 Å². The minimum absolute atomic E-state index is 0.275. The van der Waals surface area contributed by atoms with Crippen molar-refractivity contribution in [3.63, 3.8) is 0 Å². The first-order valence-electron chi connectivity index (χ1n) is 3.86. The lowest BCUT2D eigenvalue weighted by Crippen LogP contribution is -2.40. The summed E-state index contributed by atoms with van der Waals surface area (Å²) in [5.74, 6) is -2.10. The zero-order valence-corrected chi connectivity index (χ0v) is 7.33. The Balaban J connectivity index is 2.97. The average Bonchev–Trinajstić information content (AvgIpc) is 2.17. The van der Waals surface area contributed by atoms with Crippen molar-refractivity contribution >= 4 is 11.9 Å². The average molecular weight is 172 g/mol. The molecule has 0 amide bonds. The van der Waals surface area contributed by atoms with E-state index >= 15 is 0 Å². The van der Waals surface area contributed by atoms with Gasteiger partial charge in [0, 0.05) is 5.92 Å². The van der Waals surface area contributed by atoms with Gasteiger partial charge in [0.2, 0.25) is 5.60 Å². The van der Waals surface area contributed by atoms with Gasteiger partial charge in [-0.1, -0.05) is 13.8 Å². The maximum atomic E-state index is 11.0. The minimum atomic E-state index is -1.34. The molecular formula is C8H12O4. The number of carboxylic acids is 1. The quantitative estimate of drug-likeness (QED) is 0.590. The predicted octanol–water partition coefficient (Wildman–Crippen LogP) is 0.659. The van der Waals surface area contributed by atoms with Crippen LogP contribution in [0.5, 0.6) is 0 Å². The van der Waals surface area contributed by atoms with Crippen LogP contribution in [0.2, 0.25) is 0 Å². The molecule has 0 spiro atoms. The van der Waals surface area contributed by atoms with Crippen LogP contribution in [-0.2, 0) is 14.3 Å². The lowest BCUT2D eigenvalue weighted by Gasteiger charge is -2.22. The standard InChI is InChI=1S/C8H12O4/c1-4-5(2)8(3,7(10)11)12-6(4)9/h4-5H,1-3H3,(H,10,11). The van der Waals surface area contributed by atoms with Gasteiger partial charge in [-0.3, -0.25) is 4.79 Å². The lowest BCUT2D eigenvalue weighted by atomic mass is 9.85. The number of carbonyl (C=O) groups excluding carboxylic acids is 1. The van der Waals surface area contributed by atoms with Gasteiger partial charge in [-0.2, -0.15) is 0 Å². The highest BCUT2D eigenvalue weighted by Crippen LogP contribution is 2.36. The van der Waals surface area contributed by atoms with E-state index in [2.05, 4.69) is 0 Å². The van der Waals surface area contributed by atoms with Gasteiger partial charge in [0.1, 0.15) is 0 Å². The van der Waals surface area contributed by atoms with E-state index in [1.54, 1.807) is 13.8 Å². The Morgan fingerprint density at radius 1 is 1.58 bits per heavy atom. The van der Waals surface area contributed by atoms with Crippen molar-refractivity contribution in [3.05, 3.63) is 0 Å². The fraction of sp³-hybridized carbons (Fsp3) is 0.750. The van der Waals surface area contributed by atoms with Gasteiger partial charge in [-0.25, -0.2) is 4.79 Å². The van der Waals surface area contributed by atoms with Crippen LogP contribution in [0.1, 0.15) is 20.8 Å². The second kappa shape index (κ2) is 2.47. The molecule has 1 heterocycles. The Morgan fingerprint density at radius 3 is 2.25 bits per heavy atom. The first kappa shape index (κ1) is 9.03. The van der Waals surface area contributed by atoms with Crippen molar-refractivity contribution in [1.29, 1.82) is 0 Å². The monoisotopic (exact) mass is 172 g/mol. The molecule has 1 saturated heterocycles. The lowest BCUT2D eigenvalue weighted by molar-refractivity contribution is -0.170. The number of cyclic esters (lactones) is 1. The summed E-state index contributed by atoms with van der Waals surface area (Å²) in [4.78, 5) is 21.8. The summed E-state index contributed by atoms with van der Waals surface area (Å²) >= 11 is 0. The SMILES string of the molecule is CC1C(=O)OC(C)(C(=O)O)C1C. The summed E-state index contributed by atoms with van der Waals surface area (Å²) in [6.07, 6.45) is 0. The van der Waals surface area contributed by atoms with Crippen molar-refractivity contribution in [2.45, 2.75) is 26.4 Å². The molecule has 0 saturated carbocycles. The van der Waals surface area contributed by atoms with Crippen molar-refractivity contribution in [2.75, 3.05) is 0 Å². The van der Waals surface area contributed by atoms with Crippen LogP contribution in [0, 0.1) is 11.8 Å². The summed E-state index contributed by atoms with van der Waals surface area (Å²) < 4.78 is 4.80. The van der Waals surface area contributed by atoms with E-state index in [0.717, 1.165) is 0 Å². The van der Waals surface area contributed by atoms with E-state index < -0.39 is 17.5 Å². The molecule has 1 N–H and O–H groups in total. The topological polar surface area (TPSA) is 63.6 Å². The summed E-state index contributed by atoms with van der Waals surface area (Å²) in [5, 5.41) is 8.80. The maximum Gasteiger partial charge on any atom is 0.348 e. The number of carbonyl (C=O) groups is 2. The molecule has 3 atom stereocenters. The largest absolute Gasteiger partial charge is 0.478 e. The molecule has 3 unspecified atom stereocenters. The third-order valence-corrected chi connectivity index (χ3v) is 2.73. The maximum absolute atomic E-state index is 11.0. The zero-order valence-electron chi connectivity index (χ0n) is 7.33. The summed E-state index contributed by atoms with van der Waals surface area (Å²) in [5.41, 5.74) is -1.34. The van der Waals surface area contributed by atoms with Gasteiger partial charge in [0.25, 0.3) is 0 Å². The van der Waals surface area contributed by atoms with Crippen molar-refractivity contribution < 1.29 is 19.4 Å². The van der Waals surface area contributed by atoms with Crippen LogP contribution in [0.15, 0.2) is 0 Å². The number of ether oxygens (including phenoxy) is 1. The van der Waals surface area contributed by atoms with Gasteiger partial charge < -0.3 is 9.84 Å². The number of hydrogen-bond donors (Lipinski definition) is 1. The molecule has 1 aliphatic heterocycles. The Bertz CT molecular complexity index is 233. The van der Waals surface area contributed by atoms with Crippen LogP contribution in [-0.4, -0.2) is 22.6 Å². The Labute approximate surface area is 70.5 Å². The fourth-order valence-electron chi connectivity index (χ4n) is 1.31. The Hall–Kier alpha value is -1.06. The second-order valence-corrected chi connectivity index (χ2v) is 3.41. The van der Waals surface area contributed by atoms with E-state index in [-0.39, 0.29) is 11.8 Å². The second-order valence-electron chi connectivity index (χ2n) is 3.41. The third-order valence-electron chi connectivity index (χ3n) is 2.73. The van der Waals surface area contributed by atoms with Gasteiger partial charge in [-0.15, -0.1) is 0 Å². The van der Waals surface area contributed by atoms with E-state index in [9.17, 15) is 9.59 Å². The van der Waals surface area contributed by atoms with Crippen LogP contribution in [0.4, 0.5) is 0 Å². The number of rotatable bonds is 1. The molecule has 0 bridgehead atoms. The summed E-state index contributed by atoms with van der Waals surface area (Å²) in [7, 11) is 0. The van der Waals surface area contributed by atoms with Crippen molar-refractivity contribution in [2.24, 2.45) is 11.8 Å². The molecule has 68 valence electrons. The number of esters is 1. The zero-order chi connectivity index (χ0) is 9.52. The van der Waals surface area contributed by atoms with E-state index in [1.807, 2.05) is 0 Å². The smallest absolute Gasteiger partial charge is 0.348 e. The Morgan fingerprint density at radius 2 is 2.08 bits per heavy atom. The number of hydrogen-bond acceptors (Lipinski definition) is 3. The molecule has 1 rings (SSSR count). The molecule has 0 aromatic rings. The highest BCUT2D eigenvalue weighted by molar-refractivity contribution is 5.87. The molecule has 0 aromatic heterocycles. The van der Waals surface area contributed by atoms with Crippen LogP contribution >= 0.6 is 0 Å². The Kier molecular flexibility index (Phi) is 1.86. The molecular weight excluding hydrogens is 160 g/mol. The number of carboxylic acid groups (broad SMARTS) is 1. The highest BCUT2D eigenvalue weighted by atomic mass is 16.6. The van der Waals surface area contributed by atoms with E-state index in [1.165, 1.54) is 6.92 Å². The van der Waals surface area contributed by atoms with Gasteiger partial charge in [-0.05, 0) is 6.92 Å². The minimum Gasteiger partial charge on any atom is -0.478 e. The molecule has 1 fully saturated rings. The van der Waals surface area contributed by atoms with Gasteiger partial charge >= 0.3 is 11.9 Å². The van der Waals surface area contributed by atoms with Crippen LogP contribution in [0.25, 0.3) is 0 Å². The third kappa shape index (κ3) is 0.983. The summed E-state index contributed by atoms with van der Waals surface area (Å²) in [6, 6.07) is 0. The first-order valence-corrected chi connectivity index (χ1v) is 3.86. The predicted molar refractivity (Wildman–Crippen MR) is 40.5 cm³/mol. The van der Waals surface area contributed by atoms with E-state index in [4.69, 9.17) is 9.84 Å². The highest BCUT2D eigenvalue weighted by Gasteiger charge is 2.53. The van der Waals surface area contributed by atoms with Gasteiger partial charge in [0.15, 0.2) is 0 Å². The first-order chi connectivity index (χ1) is 5.39. The molecule has 0 aromatic carbocycles. The number of aliphatic carboxylic acids is 1. The van der Waals surface area contributed by atoms with Crippen LogP contribution in [0.3, 0.4) is 0 Å². The van der Waals surface area contributed by atoms with Crippen molar-refractivity contribution in [1.82, 2.24) is 0 Å². The summed E-state index contributed by atoms with van der Waals surface area (Å²) in [6.45, 7) is 4.83. The van der Waals surface area contributed by atoms with Crippen LogP contribution < -0.4 is 0 Å². The molecule has 12 heavy (non-hydrogen) atoms. The van der Waals surface area contributed by atoms with Gasteiger partial charge in [0.05, 0.1) is 5.92 Å². The normalized spacial score (nSPS) is 41.1.